The summed E-state index contributed by atoms with van der Waals surface area (Å²) < 4.78 is 6.51. The van der Waals surface area contributed by atoms with Gasteiger partial charge in [0.1, 0.15) is 5.75 Å². The Morgan fingerprint density at radius 3 is 2.54 bits per heavy atom. The molecule has 13 heavy (non-hydrogen) atoms. The van der Waals surface area contributed by atoms with Crippen molar-refractivity contribution in [3.8, 4) is 18.1 Å². The van der Waals surface area contributed by atoms with Gasteiger partial charge in [-0.2, -0.15) is 0 Å². The highest BCUT2D eigenvalue weighted by Crippen LogP contribution is 2.27. The summed E-state index contributed by atoms with van der Waals surface area (Å²) in [6.07, 6.45) is 5.31. The summed E-state index contributed by atoms with van der Waals surface area (Å²) >= 11 is 3.38. The van der Waals surface area contributed by atoms with E-state index in [2.05, 4.69) is 21.9 Å². The van der Waals surface area contributed by atoms with E-state index in [-0.39, 0.29) is 0 Å². The van der Waals surface area contributed by atoms with Gasteiger partial charge in [0.25, 0.3) is 0 Å². The highest BCUT2D eigenvalue weighted by Gasteiger charge is 2.16. The molecule has 0 aromatic heterocycles. The molecule has 0 aliphatic heterocycles. The Labute approximate surface area is 87.2 Å². The second-order valence-electron chi connectivity index (χ2n) is 3.19. The minimum absolute atomic E-state index is 0.566. The zero-order chi connectivity index (χ0) is 9.90. The average Bonchev–Trinajstić information content (AvgIpc) is 2.09. The van der Waals surface area contributed by atoms with Crippen LogP contribution in [0.2, 0.25) is 0 Å². The molecular formula is C11H11BrO. The number of rotatable bonds is 2. The van der Waals surface area contributed by atoms with E-state index in [1.165, 1.54) is 0 Å². The molecule has 0 unspecified atom stereocenters. The molecule has 0 aliphatic carbocycles. The predicted octanol–water partition coefficient (Wildman–Crippen LogP) is 3.24. The molecule has 2 heteroatoms. The third-order valence-electron chi connectivity index (χ3n) is 1.55. The molecular weight excluding hydrogens is 228 g/mol. The zero-order valence-corrected chi connectivity index (χ0v) is 9.26. The van der Waals surface area contributed by atoms with Crippen LogP contribution in [0.5, 0.6) is 5.75 Å². The zero-order valence-electron chi connectivity index (χ0n) is 7.67. The maximum Gasteiger partial charge on any atom is 0.163 e. The monoisotopic (exact) mass is 238 g/mol. The van der Waals surface area contributed by atoms with E-state index in [1.54, 1.807) is 0 Å². The van der Waals surface area contributed by atoms with Gasteiger partial charge in [0.2, 0.25) is 0 Å². The average molecular weight is 239 g/mol. The summed E-state index contributed by atoms with van der Waals surface area (Å²) in [5.74, 6) is 3.34. The quantitative estimate of drug-likeness (QED) is 0.720. The van der Waals surface area contributed by atoms with Gasteiger partial charge in [0.05, 0.1) is 4.47 Å². The molecule has 0 bridgehead atoms. The van der Waals surface area contributed by atoms with E-state index in [0.29, 0.717) is 0 Å². The first-order valence-corrected chi connectivity index (χ1v) is 4.76. The summed E-state index contributed by atoms with van der Waals surface area (Å²) in [5.41, 5.74) is -0.566. The number of benzene rings is 1. The van der Waals surface area contributed by atoms with Gasteiger partial charge in [0, 0.05) is 0 Å². The normalized spacial score (nSPS) is 10.6. The molecule has 1 aromatic carbocycles. The summed E-state index contributed by atoms with van der Waals surface area (Å²) in [6.45, 7) is 3.71. The van der Waals surface area contributed by atoms with Crippen LogP contribution >= 0.6 is 15.9 Å². The SMILES string of the molecule is C#CC(C)(C)Oc1ccccc1Br. The molecule has 0 heterocycles. The Kier molecular flexibility index (Phi) is 3.00. The minimum Gasteiger partial charge on any atom is -0.474 e. The van der Waals surface area contributed by atoms with Gasteiger partial charge in [0.15, 0.2) is 5.60 Å². The van der Waals surface area contributed by atoms with Crippen LogP contribution in [0.1, 0.15) is 13.8 Å². The lowest BCUT2D eigenvalue weighted by molar-refractivity contribution is 0.171. The highest BCUT2D eigenvalue weighted by atomic mass is 79.9. The summed E-state index contributed by atoms with van der Waals surface area (Å²) in [4.78, 5) is 0. The van der Waals surface area contributed by atoms with Crippen LogP contribution in [-0.2, 0) is 0 Å². The Bertz CT molecular complexity index is 336. The van der Waals surface area contributed by atoms with Gasteiger partial charge in [-0.05, 0) is 41.9 Å². The van der Waals surface area contributed by atoms with E-state index in [9.17, 15) is 0 Å². The van der Waals surface area contributed by atoms with E-state index in [4.69, 9.17) is 11.2 Å². The molecule has 0 saturated carbocycles. The molecule has 0 amide bonds. The van der Waals surface area contributed by atoms with Gasteiger partial charge < -0.3 is 4.74 Å². The highest BCUT2D eigenvalue weighted by molar-refractivity contribution is 9.10. The van der Waals surface area contributed by atoms with Crippen molar-refractivity contribution in [1.82, 2.24) is 0 Å². The lowest BCUT2D eigenvalue weighted by atomic mass is 10.1. The Morgan fingerprint density at radius 2 is 2.00 bits per heavy atom. The standard InChI is InChI=1S/C11H11BrO/c1-4-11(2,3)13-10-8-6-5-7-9(10)12/h1,5-8H,2-3H3. The maximum absolute atomic E-state index is 5.60. The Hall–Kier alpha value is -0.940. The summed E-state index contributed by atoms with van der Waals surface area (Å²) in [7, 11) is 0. The lowest BCUT2D eigenvalue weighted by Crippen LogP contribution is -2.25. The lowest BCUT2D eigenvalue weighted by Gasteiger charge is -2.20. The summed E-state index contributed by atoms with van der Waals surface area (Å²) in [5, 5.41) is 0. The van der Waals surface area contributed by atoms with E-state index < -0.39 is 5.60 Å². The molecule has 1 nitrogen and oxygen atoms in total. The van der Waals surface area contributed by atoms with Crippen molar-refractivity contribution in [2.45, 2.75) is 19.4 Å². The van der Waals surface area contributed by atoms with Gasteiger partial charge in [-0.15, -0.1) is 6.42 Å². The van der Waals surface area contributed by atoms with Crippen LogP contribution in [0.15, 0.2) is 28.7 Å². The molecule has 0 aliphatic rings. The molecule has 0 saturated heterocycles. The molecule has 1 aromatic rings. The van der Waals surface area contributed by atoms with Crippen molar-refractivity contribution in [2.75, 3.05) is 0 Å². The molecule has 0 spiro atoms. The molecule has 0 N–H and O–H groups in total. The van der Waals surface area contributed by atoms with Gasteiger partial charge in [-0.3, -0.25) is 0 Å². The smallest absolute Gasteiger partial charge is 0.163 e. The van der Waals surface area contributed by atoms with Gasteiger partial charge in [-0.25, -0.2) is 0 Å². The van der Waals surface area contributed by atoms with Crippen molar-refractivity contribution in [1.29, 1.82) is 0 Å². The fraction of sp³-hybridized carbons (Fsp3) is 0.273. The molecule has 0 radical (unpaired) electrons. The molecule has 68 valence electrons. The minimum atomic E-state index is -0.566. The summed E-state index contributed by atoms with van der Waals surface area (Å²) in [6, 6.07) is 7.64. The van der Waals surface area contributed by atoms with Crippen molar-refractivity contribution < 1.29 is 4.74 Å². The number of ether oxygens (including phenoxy) is 1. The Balaban J connectivity index is 2.88. The fourth-order valence-electron chi connectivity index (χ4n) is 0.832. The van der Waals surface area contributed by atoms with Crippen molar-refractivity contribution in [3.05, 3.63) is 28.7 Å². The first-order chi connectivity index (χ1) is 6.05. The fourth-order valence-corrected chi connectivity index (χ4v) is 1.20. The molecule has 1 rings (SSSR count). The largest absolute Gasteiger partial charge is 0.474 e. The van der Waals surface area contributed by atoms with Crippen LogP contribution < -0.4 is 4.74 Å². The van der Waals surface area contributed by atoms with Gasteiger partial charge >= 0.3 is 0 Å². The number of hydrogen-bond acceptors (Lipinski definition) is 1. The Morgan fingerprint density at radius 1 is 1.38 bits per heavy atom. The van der Waals surface area contributed by atoms with Crippen LogP contribution in [0.4, 0.5) is 0 Å². The van der Waals surface area contributed by atoms with Crippen molar-refractivity contribution in [2.24, 2.45) is 0 Å². The predicted molar refractivity (Wildman–Crippen MR) is 57.7 cm³/mol. The molecule has 0 atom stereocenters. The number of hydrogen-bond donors (Lipinski definition) is 0. The van der Waals surface area contributed by atoms with Crippen LogP contribution in [0, 0.1) is 12.3 Å². The van der Waals surface area contributed by atoms with Crippen molar-refractivity contribution >= 4 is 15.9 Å². The number of para-hydroxylation sites is 1. The number of halogens is 1. The van der Waals surface area contributed by atoms with E-state index >= 15 is 0 Å². The second kappa shape index (κ2) is 3.85. The third-order valence-corrected chi connectivity index (χ3v) is 2.20. The van der Waals surface area contributed by atoms with E-state index in [0.717, 1.165) is 10.2 Å². The van der Waals surface area contributed by atoms with Crippen LogP contribution in [-0.4, -0.2) is 5.60 Å². The first-order valence-electron chi connectivity index (χ1n) is 3.96. The first kappa shape index (κ1) is 10.1. The maximum atomic E-state index is 5.60. The van der Waals surface area contributed by atoms with Crippen LogP contribution in [0.25, 0.3) is 0 Å². The van der Waals surface area contributed by atoms with Crippen LogP contribution in [0.3, 0.4) is 0 Å². The topological polar surface area (TPSA) is 9.23 Å². The third kappa shape index (κ3) is 2.78. The number of terminal acetylenes is 1. The second-order valence-corrected chi connectivity index (χ2v) is 4.04. The van der Waals surface area contributed by atoms with Crippen molar-refractivity contribution in [3.63, 3.8) is 0 Å². The van der Waals surface area contributed by atoms with E-state index in [1.807, 2.05) is 38.1 Å². The van der Waals surface area contributed by atoms with Gasteiger partial charge in [-0.1, -0.05) is 18.1 Å². The molecule has 0 fully saturated rings.